The van der Waals surface area contributed by atoms with E-state index in [0.29, 0.717) is 40.1 Å². The van der Waals surface area contributed by atoms with Crippen molar-refractivity contribution in [2.24, 2.45) is 5.10 Å². The number of para-hydroxylation sites is 2. The number of nitrogens with zero attached hydrogens (tertiary/aromatic N) is 3. The van der Waals surface area contributed by atoms with Gasteiger partial charge in [0.2, 0.25) is 0 Å². The van der Waals surface area contributed by atoms with Gasteiger partial charge in [-0.2, -0.15) is 9.78 Å². The van der Waals surface area contributed by atoms with E-state index >= 15 is 0 Å². The van der Waals surface area contributed by atoms with Gasteiger partial charge in [0.25, 0.3) is 11.5 Å². The van der Waals surface area contributed by atoms with Gasteiger partial charge in [0.15, 0.2) is 6.61 Å². The third-order valence-corrected chi connectivity index (χ3v) is 5.77. The highest BCUT2D eigenvalue weighted by molar-refractivity contribution is 9.10. The maximum absolute atomic E-state index is 13.3. The van der Waals surface area contributed by atoms with Crippen LogP contribution >= 0.6 is 15.9 Å². The molecule has 178 valence electrons. The number of rotatable bonds is 9. The second-order valence-corrected chi connectivity index (χ2v) is 8.81. The predicted molar refractivity (Wildman–Crippen MR) is 142 cm³/mol. The Morgan fingerprint density at radius 3 is 2.69 bits per heavy atom. The SMILES string of the molecule is CCCCc1nc2ccc(Br)cc2c(=O)n1N=Cc1ccccc1OCC(=O)Nc1ccccc1. The van der Waals surface area contributed by atoms with E-state index in [4.69, 9.17) is 9.72 Å². The van der Waals surface area contributed by atoms with Crippen LogP contribution in [0.4, 0.5) is 5.69 Å². The molecule has 0 aliphatic heterocycles. The second-order valence-electron chi connectivity index (χ2n) is 7.90. The number of unbranched alkanes of at least 4 members (excludes halogenated alkanes) is 1. The summed E-state index contributed by atoms with van der Waals surface area (Å²) in [5.41, 5.74) is 1.75. The van der Waals surface area contributed by atoms with Gasteiger partial charge in [-0.15, -0.1) is 0 Å². The fourth-order valence-corrected chi connectivity index (χ4v) is 3.87. The molecular formula is C27H25BrN4O3. The third kappa shape index (κ3) is 6.22. The van der Waals surface area contributed by atoms with Gasteiger partial charge in [0.1, 0.15) is 11.6 Å². The van der Waals surface area contributed by atoms with Crippen molar-refractivity contribution in [3.63, 3.8) is 0 Å². The predicted octanol–water partition coefficient (Wildman–Crippen LogP) is 5.40. The number of nitrogens with one attached hydrogen (secondary N) is 1. The van der Waals surface area contributed by atoms with Gasteiger partial charge < -0.3 is 10.1 Å². The van der Waals surface area contributed by atoms with Crippen molar-refractivity contribution in [1.82, 2.24) is 9.66 Å². The number of hydrogen-bond acceptors (Lipinski definition) is 5. The Kier molecular flexibility index (Phi) is 8.05. The highest BCUT2D eigenvalue weighted by Gasteiger charge is 2.12. The van der Waals surface area contributed by atoms with E-state index in [1.807, 2.05) is 60.7 Å². The maximum atomic E-state index is 13.3. The molecule has 1 N–H and O–H groups in total. The van der Waals surface area contributed by atoms with Crippen LogP contribution in [0.15, 0.2) is 87.2 Å². The van der Waals surface area contributed by atoms with Gasteiger partial charge in [0.05, 0.1) is 17.1 Å². The van der Waals surface area contributed by atoms with Crippen LogP contribution in [0, 0.1) is 0 Å². The number of benzene rings is 3. The highest BCUT2D eigenvalue weighted by atomic mass is 79.9. The molecule has 7 nitrogen and oxygen atoms in total. The fourth-order valence-electron chi connectivity index (χ4n) is 3.51. The number of halogens is 1. The molecule has 0 saturated heterocycles. The first-order chi connectivity index (χ1) is 17.0. The zero-order chi connectivity index (χ0) is 24.6. The summed E-state index contributed by atoms with van der Waals surface area (Å²) >= 11 is 3.42. The van der Waals surface area contributed by atoms with Crippen molar-refractivity contribution in [3.8, 4) is 5.75 Å². The molecule has 4 rings (SSSR count). The molecule has 0 aliphatic rings. The molecule has 35 heavy (non-hydrogen) atoms. The summed E-state index contributed by atoms with van der Waals surface area (Å²) in [6.07, 6.45) is 4.06. The van der Waals surface area contributed by atoms with Gasteiger partial charge in [-0.05, 0) is 48.9 Å². The van der Waals surface area contributed by atoms with E-state index in [-0.39, 0.29) is 18.1 Å². The van der Waals surface area contributed by atoms with Crippen LogP contribution in [0.3, 0.4) is 0 Å². The Labute approximate surface area is 211 Å². The second kappa shape index (κ2) is 11.6. The van der Waals surface area contributed by atoms with Crippen LogP contribution in [0.25, 0.3) is 10.9 Å². The molecule has 0 radical (unpaired) electrons. The summed E-state index contributed by atoms with van der Waals surface area (Å²) in [5, 5.41) is 7.76. The molecule has 0 spiro atoms. The van der Waals surface area contributed by atoms with Crippen LogP contribution in [-0.2, 0) is 11.2 Å². The topological polar surface area (TPSA) is 85.6 Å². The molecule has 0 bridgehead atoms. The number of carbonyl (C=O) groups is 1. The van der Waals surface area contributed by atoms with E-state index < -0.39 is 0 Å². The molecule has 1 aromatic heterocycles. The summed E-state index contributed by atoms with van der Waals surface area (Å²) in [4.78, 5) is 30.2. The summed E-state index contributed by atoms with van der Waals surface area (Å²) in [7, 11) is 0. The van der Waals surface area contributed by atoms with Crippen LogP contribution in [0.2, 0.25) is 0 Å². The molecule has 8 heteroatoms. The summed E-state index contributed by atoms with van der Waals surface area (Å²) in [6, 6.07) is 21.9. The van der Waals surface area contributed by atoms with Crippen LogP contribution in [0.5, 0.6) is 5.75 Å². The smallest absolute Gasteiger partial charge is 0.282 e. The summed E-state index contributed by atoms with van der Waals surface area (Å²) in [5.74, 6) is 0.813. The monoisotopic (exact) mass is 532 g/mol. The molecule has 0 fully saturated rings. The lowest BCUT2D eigenvalue weighted by atomic mass is 10.2. The minimum atomic E-state index is -0.273. The molecule has 0 aliphatic carbocycles. The van der Waals surface area contributed by atoms with E-state index in [0.717, 1.165) is 17.3 Å². The Morgan fingerprint density at radius 2 is 1.89 bits per heavy atom. The van der Waals surface area contributed by atoms with Crippen molar-refractivity contribution in [2.45, 2.75) is 26.2 Å². The van der Waals surface area contributed by atoms with Crippen molar-refractivity contribution in [3.05, 3.63) is 99.0 Å². The van der Waals surface area contributed by atoms with Crippen molar-refractivity contribution >= 4 is 44.6 Å². The Bertz CT molecular complexity index is 1420. The number of aromatic nitrogens is 2. The lowest BCUT2D eigenvalue weighted by molar-refractivity contribution is -0.118. The van der Waals surface area contributed by atoms with Gasteiger partial charge in [-0.1, -0.05) is 59.6 Å². The number of anilines is 1. The molecule has 4 aromatic rings. The number of ether oxygens (including phenoxy) is 1. The van der Waals surface area contributed by atoms with Gasteiger partial charge in [-0.25, -0.2) is 4.98 Å². The fraction of sp³-hybridized carbons (Fsp3) is 0.185. The lowest BCUT2D eigenvalue weighted by Crippen LogP contribution is -2.22. The lowest BCUT2D eigenvalue weighted by Gasteiger charge is -2.11. The molecule has 1 amide bonds. The quantitative estimate of drug-likeness (QED) is 0.292. The molecule has 0 unspecified atom stereocenters. The zero-order valence-corrected chi connectivity index (χ0v) is 20.9. The largest absolute Gasteiger partial charge is 0.483 e. The molecular weight excluding hydrogens is 508 g/mol. The third-order valence-electron chi connectivity index (χ3n) is 5.28. The van der Waals surface area contributed by atoms with E-state index in [1.165, 1.54) is 4.68 Å². The zero-order valence-electron chi connectivity index (χ0n) is 19.3. The van der Waals surface area contributed by atoms with Gasteiger partial charge >= 0.3 is 0 Å². The van der Waals surface area contributed by atoms with Gasteiger partial charge in [0, 0.05) is 22.1 Å². The van der Waals surface area contributed by atoms with Crippen LogP contribution < -0.4 is 15.6 Å². The van der Waals surface area contributed by atoms with E-state index in [9.17, 15) is 9.59 Å². The van der Waals surface area contributed by atoms with Crippen LogP contribution in [-0.4, -0.2) is 28.4 Å². The normalized spacial score (nSPS) is 11.1. The van der Waals surface area contributed by atoms with Crippen molar-refractivity contribution in [1.29, 1.82) is 0 Å². The number of amides is 1. The first kappa shape index (κ1) is 24.3. The molecule has 1 heterocycles. The number of fused-ring (bicyclic) bond motifs is 1. The molecule has 0 atom stereocenters. The average molecular weight is 533 g/mol. The minimum Gasteiger partial charge on any atom is -0.483 e. The number of aryl methyl sites for hydroxylation is 1. The molecule has 3 aromatic carbocycles. The van der Waals surface area contributed by atoms with Crippen molar-refractivity contribution in [2.75, 3.05) is 11.9 Å². The summed E-state index contributed by atoms with van der Waals surface area (Å²) < 4.78 is 7.91. The maximum Gasteiger partial charge on any atom is 0.282 e. The average Bonchev–Trinajstić information content (AvgIpc) is 2.87. The minimum absolute atomic E-state index is 0.160. The standard InChI is InChI=1S/C27H25BrN4O3/c1-2-3-13-25-31-23-15-14-20(28)16-22(23)27(34)32(25)29-17-19-9-7-8-12-24(19)35-18-26(33)30-21-10-5-4-6-11-21/h4-12,14-17H,2-3,13,18H2,1H3,(H,30,33). The van der Waals surface area contributed by atoms with Crippen molar-refractivity contribution < 1.29 is 9.53 Å². The molecule has 0 saturated carbocycles. The Hall–Kier alpha value is -3.78. The number of hydrogen-bond donors (Lipinski definition) is 1. The highest BCUT2D eigenvalue weighted by Crippen LogP contribution is 2.18. The summed E-state index contributed by atoms with van der Waals surface area (Å²) in [6.45, 7) is 1.93. The van der Waals surface area contributed by atoms with E-state index in [1.54, 1.807) is 18.3 Å². The number of carbonyl (C=O) groups excluding carboxylic acids is 1. The Morgan fingerprint density at radius 1 is 1.11 bits per heavy atom. The van der Waals surface area contributed by atoms with Gasteiger partial charge in [-0.3, -0.25) is 9.59 Å². The first-order valence-corrected chi connectivity index (χ1v) is 12.2. The van der Waals surface area contributed by atoms with E-state index in [2.05, 4.69) is 33.3 Å². The first-order valence-electron chi connectivity index (χ1n) is 11.4. The Balaban J connectivity index is 1.59. The van der Waals surface area contributed by atoms with Crippen LogP contribution in [0.1, 0.15) is 31.2 Å².